The number of nitrogens with zero attached hydrogens (tertiary/aromatic N) is 3. The highest BCUT2D eigenvalue weighted by Gasteiger charge is 2.27. The summed E-state index contributed by atoms with van der Waals surface area (Å²) in [7, 11) is 0. The maximum Gasteiger partial charge on any atom is 0.236 e. The van der Waals surface area contributed by atoms with Gasteiger partial charge in [0.1, 0.15) is 0 Å². The summed E-state index contributed by atoms with van der Waals surface area (Å²) in [5.41, 5.74) is 1.09. The van der Waals surface area contributed by atoms with Gasteiger partial charge < -0.3 is 4.90 Å². The summed E-state index contributed by atoms with van der Waals surface area (Å²) in [4.78, 5) is 22.2. The lowest BCUT2D eigenvalue weighted by Crippen LogP contribution is -2.45. The predicted molar refractivity (Wildman–Crippen MR) is 108 cm³/mol. The Morgan fingerprint density at radius 1 is 1.04 bits per heavy atom. The third kappa shape index (κ3) is 4.26. The first-order chi connectivity index (χ1) is 12.8. The summed E-state index contributed by atoms with van der Waals surface area (Å²) in [6, 6.07) is 8.35. The van der Waals surface area contributed by atoms with Crippen molar-refractivity contribution in [3.05, 3.63) is 29.3 Å². The molecule has 2 aliphatic rings. The van der Waals surface area contributed by atoms with Crippen molar-refractivity contribution in [2.24, 2.45) is 0 Å². The van der Waals surface area contributed by atoms with Crippen molar-refractivity contribution in [3.8, 4) is 0 Å². The molecule has 0 saturated carbocycles. The van der Waals surface area contributed by atoms with Gasteiger partial charge >= 0.3 is 0 Å². The summed E-state index contributed by atoms with van der Waals surface area (Å²) in [5, 5.41) is 1.20. The first kappa shape index (κ1) is 17.9. The predicted octanol–water partition coefficient (Wildman–Crippen LogP) is 4.27. The zero-order valence-electron chi connectivity index (χ0n) is 15.5. The zero-order chi connectivity index (χ0) is 17.8. The number of aromatic nitrogens is 1. The summed E-state index contributed by atoms with van der Waals surface area (Å²) in [6.07, 6.45) is 8.70. The van der Waals surface area contributed by atoms with Gasteiger partial charge in [-0.1, -0.05) is 31.4 Å². The molecule has 0 bridgehead atoms. The molecule has 4 nitrogen and oxygen atoms in total. The monoisotopic (exact) mass is 371 g/mol. The molecule has 2 fully saturated rings. The first-order valence-corrected chi connectivity index (χ1v) is 11.0. The van der Waals surface area contributed by atoms with E-state index in [0.29, 0.717) is 18.4 Å². The molecule has 5 heteroatoms. The number of amides is 1. The van der Waals surface area contributed by atoms with Crippen molar-refractivity contribution in [3.63, 3.8) is 0 Å². The van der Waals surface area contributed by atoms with E-state index in [4.69, 9.17) is 4.98 Å². The van der Waals surface area contributed by atoms with Gasteiger partial charge in [-0.2, -0.15) is 0 Å². The van der Waals surface area contributed by atoms with Crippen LogP contribution >= 0.6 is 11.3 Å². The van der Waals surface area contributed by atoms with Crippen molar-refractivity contribution >= 4 is 27.5 Å². The van der Waals surface area contributed by atoms with Crippen LogP contribution < -0.4 is 0 Å². The minimum atomic E-state index is 0.316. The Kier molecular flexibility index (Phi) is 5.85. The average molecular weight is 372 g/mol. The van der Waals surface area contributed by atoms with Gasteiger partial charge in [-0.05, 0) is 50.9 Å². The van der Waals surface area contributed by atoms with Gasteiger partial charge in [0.05, 0.1) is 21.8 Å². The second-order valence-electron chi connectivity index (χ2n) is 7.74. The van der Waals surface area contributed by atoms with Gasteiger partial charge in [-0.15, -0.1) is 11.3 Å². The molecule has 140 valence electrons. The van der Waals surface area contributed by atoms with E-state index in [1.54, 1.807) is 11.3 Å². The van der Waals surface area contributed by atoms with Crippen LogP contribution in [0.1, 0.15) is 55.9 Å². The van der Waals surface area contributed by atoms with Crippen molar-refractivity contribution < 1.29 is 4.79 Å². The largest absolute Gasteiger partial charge is 0.341 e. The maximum absolute atomic E-state index is 12.9. The number of rotatable bonds is 3. The molecule has 3 heterocycles. The van der Waals surface area contributed by atoms with Crippen LogP contribution in [0.25, 0.3) is 10.2 Å². The number of piperidine rings is 1. The number of hydrogen-bond acceptors (Lipinski definition) is 4. The highest BCUT2D eigenvalue weighted by atomic mass is 32.1. The molecular weight excluding hydrogens is 342 g/mol. The van der Waals surface area contributed by atoms with E-state index in [-0.39, 0.29) is 0 Å². The zero-order valence-corrected chi connectivity index (χ0v) is 16.3. The van der Waals surface area contributed by atoms with Crippen LogP contribution in [0.4, 0.5) is 0 Å². The van der Waals surface area contributed by atoms with E-state index in [1.807, 2.05) is 6.07 Å². The van der Waals surface area contributed by atoms with Crippen LogP contribution in [-0.4, -0.2) is 53.4 Å². The van der Waals surface area contributed by atoms with Gasteiger partial charge in [0, 0.05) is 19.0 Å². The molecule has 2 saturated heterocycles. The number of carbonyl (C=O) groups is 1. The van der Waals surface area contributed by atoms with Gasteiger partial charge in [0.2, 0.25) is 5.91 Å². The number of thiazole rings is 1. The molecule has 1 amide bonds. The molecule has 0 N–H and O–H groups in total. The van der Waals surface area contributed by atoms with Crippen LogP contribution in [0.15, 0.2) is 24.3 Å². The third-order valence-electron chi connectivity index (χ3n) is 5.74. The molecule has 1 aromatic carbocycles. The van der Waals surface area contributed by atoms with Crippen LogP contribution in [0.5, 0.6) is 0 Å². The highest BCUT2D eigenvalue weighted by Crippen LogP contribution is 2.33. The topological polar surface area (TPSA) is 36.4 Å². The lowest BCUT2D eigenvalue weighted by atomic mass is 9.98. The molecule has 0 spiro atoms. The number of fused-ring (bicyclic) bond motifs is 1. The number of hydrogen-bond donors (Lipinski definition) is 0. The molecule has 1 aromatic heterocycles. The Labute approximate surface area is 160 Å². The Morgan fingerprint density at radius 3 is 2.62 bits per heavy atom. The van der Waals surface area contributed by atoms with Crippen molar-refractivity contribution in [2.75, 3.05) is 32.7 Å². The summed E-state index contributed by atoms with van der Waals surface area (Å²) >= 11 is 1.80. The van der Waals surface area contributed by atoms with Crippen molar-refractivity contribution in [1.82, 2.24) is 14.8 Å². The van der Waals surface area contributed by atoms with E-state index in [1.165, 1.54) is 41.8 Å². The molecular formula is C21H29N3OS. The summed E-state index contributed by atoms with van der Waals surface area (Å²) in [5.74, 6) is 0.716. The third-order valence-corrected chi connectivity index (χ3v) is 6.94. The summed E-state index contributed by atoms with van der Waals surface area (Å²) in [6.45, 7) is 4.52. The van der Waals surface area contributed by atoms with Gasteiger partial charge in [-0.3, -0.25) is 9.69 Å². The van der Waals surface area contributed by atoms with Gasteiger partial charge in [0.25, 0.3) is 0 Å². The molecule has 4 rings (SSSR count). The number of benzene rings is 1. The second kappa shape index (κ2) is 8.49. The fourth-order valence-corrected chi connectivity index (χ4v) is 5.33. The fraction of sp³-hybridized carbons (Fsp3) is 0.619. The Bertz CT molecular complexity index is 703. The van der Waals surface area contributed by atoms with Gasteiger partial charge in [0.15, 0.2) is 0 Å². The van der Waals surface area contributed by atoms with Crippen LogP contribution in [-0.2, 0) is 4.79 Å². The average Bonchev–Trinajstić information content (AvgIpc) is 3.08. The van der Waals surface area contributed by atoms with Gasteiger partial charge in [-0.25, -0.2) is 4.98 Å². The Balaban J connectivity index is 1.38. The van der Waals surface area contributed by atoms with Crippen molar-refractivity contribution in [2.45, 2.75) is 50.9 Å². The van der Waals surface area contributed by atoms with Crippen molar-refractivity contribution in [1.29, 1.82) is 0 Å². The second-order valence-corrected chi connectivity index (χ2v) is 8.80. The van der Waals surface area contributed by atoms with E-state index in [2.05, 4.69) is 28.0 Å². The smallest absolute Gasteiger partial charge is 0.236 e. The van der Waals surface area contributed by atoms with Crippen LogP contribution in [0.3, 0.4) is 0 Å². The quantitative estimate of drug-likeness (QED) is 0.808. The molecule has 0 unspecified atom stereocenters. The normalized spacial score (nSPS) is 22.9. The number of carbonyl (C=O) groups excluding carboxylic acids is 1. The van der Waals surface area contributed by atoms with E-state index in [0.717, 1.165) is 44.5 Å². The molecule has 2 aromatic rings. The first-order valence-electron chi connectivity index (χ1n) is 10.2. The molecule has 0 aliphatic carbocycles. The minimum Gasteiger partial charge on any atom is -0.341 e. The number of likely N-dealkylation sites (tertiary alicyclic amines) is 2. The highest BCUT2D eigenvalue weighted by molar-refractivity contribution is 7.18. The molecule has 0 radical (unpaired) electrons. The van der Waals surface area contributed by atoms with E-state index >= 15 is 0 Å². The van der Waals surface area contributed by atoms with Crippen LogP contribution in [0.2, 0.25) is 0 Å². The van der Waals surface area contributed by atoms with E-state index in [9.17, 15) is 4.79 Å². The Hall–Kier alpha value is -1.46. The van der Waals surface area contributed by atoms with E-state index < -0.39 is 0 Å². The maximum atomic E-state index is 12.9. The lowest BCUT2D eigenvalue weighted by Gasteiger charge is -2.34. The molecule has 2 aliphatic heterocycles. The lowest BCUT2D eigenvalue weighted by molar-refractivity contribution is -0.133. The van der Waals surface area contributed by atoms with Crippen LogP contribution in [0, 0.1) is 0 Å². The number of para-hydroxylation sites is 1. The molecule has 26 heavy (non-hydrogen) atoms. The summed E-state index contributed by atoms with van der Waals surface area (Å²) < 4.78 is 1.26. The standard InChI is InChI=1S/C21H29N3OS/c25-20(16-23-12-6-2-1-3-7-13-23)24-14-8-9-17(15-24)21-22-18-10-4-5-11-19(18)26-21/h4-5,10-11,17H,1-3,6-9,12-16H2/t17-/m1/s1. The Morgan fingerprint density at radius 2 is 1.81 bits per heavy atom. The SMILES string of the molecule is O=C(CN1CCCCCCC1)N1CCC[C@@H](c2nc3ccccc3s2)C1. The fourth-order valence-electron chi connectivity index (χ4n) is 4.23. The molecule has 1 atom stereocenters. The minimum absolute atomic E-state index is 0.316.